The maximum Gasteiger partial charge on any atom is 0.337 e. The Kier molecular flexibility index (Phi) is 4.57. The smallest absolute Gasteiger partial charge is 0.337 e. The Hall–Kier alpha value is -1.78. The number of nitrogens with one attached hydrogen (secondary N) is 1. The van der Waals surface area contributed by atoms with Crippen molar-refractivity contribution in [1.29, 1.82) is 0 Å². The molecule has 0 aromatic carbocycles. The number of carbonyl (C=O) groups is 2. The normalized spacial score (nSPS) is 12.9. The number of hydrogen-bond donors (Lipinski definition) is 3. The molecule has 0 bridgehead atoms. The molecule has 0 fully saturated rings. The minimum atomic E-state index is -1.18. The van der Waals surface area contributed by atoms with E-state index in [9.17, 15) is 9.59 Å². The molecule has 0 heterocycles. The molecule has 0 unspecified atom stereocenters. The maximum absolute atomic E-state index is 10.7. The van der Waals surface area contributed by atoms with Gasteiger partial charge in [0.1, 0.15) is 0 Å². The number of rotatable bonds is 4. The van der Waals surface area contributed by atoms with Crippen molar-refractivity contribution in [3.05, 3.63) is 23.9 Å². The maximum atomic E-state index is 10.7. The zero-order chi connectivity index (χ0) is 12.1. The fourth-order valence-electron chi connectivity index (χ4n) is 0.636. The van der Waals surface area contributed by atoms with Gasteiger partial charge in [-0.3, -0.25) is 0 Å². The Balaban J connectivity index is 4.68. The van der Waals surface area contributed by atoms with Gasteiger partial charge in [-0.25, -0.2) is 9.59 Å². The standard InChI is InChI=1S/C10H15NO4/c1-10(2,3)11-6-7(9(14)15)4-5-8(12)13/h4-6,11H,1-3H3,(H,12,13)(H,14,15)/b5-4+,7-6-. The Bertz CT molecular complexity index is 310. The van der Waals surface area contributed by atoms with E-state index in [1.165, 1.54) is 6.20 Å². The van der Waals surface area contributed by atoms with E-state index in [1.807, 2.05) is 20.8 Å². The first-order chi connectivity index (χ1) is 6.72. The molecule has 0 atom stereocenters. The molecule has 15 heavy (non-hydrogen) atoms. The Morgan fingerprint density at radius 1 is 1.13 bits per heavy atom. The molecule has 0 saturated carbocycles. The second kappa shape index (κ2) is 5.19. The van der Waals surface area contributed by atoms with Gasteiger partial charge in [0.05, 0.1) is 5.57 Å². The highest BCUT2D eigenvalue weighted by atomic mass is 16.4. The molecular weight excluding hydrogens is 198 g/mol. The van der Waals surface area contributed by atoms with Crippen LogP contribution in [0.5, 0.6) is 0 Å². The SMILES string of the molecule is CC(C)(C)N/C=C(/C=C/C(=O)O)C(=O)O. The largest absolute Gasteiger partial charge is 0.478 e. The van der Waals surface area contributed by atoms with E-state index < -0.39 is 11.9 Å². The molecule has 0 saturated heterocycles. The number of carboxylic acid groups (broad SMARTS) is 2. The molecule has 0 aromatic rings. The summed E-state index contributed by atoms with van der Waals surface area (Å²) in [7, 11) is 0. The molecule has 5 heteroatoms. The minimum absolute atomic E-state index is 0.104. The van der Waals surface area contributed by atoms with Crippen LogP contribution in [0.15, 0.2) is 23.9 Å². The van der Waals surface area contributed by atoms with Crippen molar-refractivity contribution in [1.82, 2.24) is 5.32 Å². The molecule has 84 valence electrons. The molecular formula is C10H15NO4. The van der Waals surface area contributed by atoms with E-state index in [4.69, 9.17) is 10.2 Å². The van der Waals surface area contributed by atoms with Crippen molar-refractivity contribution in [3.63, 3.8) is 0 Å². The number of aliphatic carboxylic acids is 2. The van der Waals surface area contributed by atoms with Crippen molar-refractivity contribution in [3.8, 4) is 0 Å². The number of carboxylic acids is 2. The summed E-state index contributed by atoms with van der Waals surface area (Å²) in [4.78, 5) is 20.9. The second-order valence-electron chi connectivity index (χ2n) is 3.97. The van der Waals surface area contributed by atoms with Gasteiger partial charge in [0.2, 0.25) is 0 Å². The fraction of sp³-hybridized carbons (Fsp3) is 0.400. The Labute approximate surface area is 88.1 Å². The van der Waals surface area contributed by atoms with Crippen LogP contribution in [0.4, 0.5) is 0 Å². The predicted molar refractivity (Wildman–Crippen MR) is 55.4 cm³/mol. The van der Waals surface area contributed by atoms with Gasteiger partial charge in [-0.05, 0) is 26.8 Å². The van der Waals surface area contributed by atoms with Crippen molar-refractivity contribution in [2.75, 3.05) is 0 Å². The van der Waals surface area contributed by atoms with E-state index in [0.29, 0.717) is 0 Å². The van der Waals surface area contributed by atoms with Crippen molar-refractivity contribution >= 4 is 11.9 Å². The lowest BCUT2D eigenvalue weighted by molar-refractivity contribution is -0.132. The van der Waals surface area contributed by atoms with Crippen LogP contribution in [0, 0.1) is 0 Å². The highest BCUT2D eigenvalue weighted by molar-refractivity contribution is 5.92. The monoisotopic (exact) mass is 213 g/mol. The van der Waals surface area contributed by atoms with Gasteiger partial charge < -0.3 is 15.5 Å². The first-order valence-electron chi connectivity index (χ1n) is 4.34. The predicted octanol–water partition coefficient (Wildman–Crippen LogP) is 0.984. The van der Waals surface area contributed by atoms with Gasteiger partial charge in [-0.15, -0.1) is 0 Å². The van der Waals surface area contributed by atoms with Crippen molar-refractivity contribution in [2.24, 2.45) is 0 Å². The van der Waals surface area contributed by atoms with E-state index in [0.717, 1.165) is 12.2 Å². The lowest BCUT2D eigenvalue weighted by Crippen LogP contribution is -2.31. The third kappa shape index (κ3) is 7.30. The molecule has 0 rings (SSSR count). The van der Waals surface area contributed by atoms with Crippen LogP contribution >= 0.6 is 0 Å². The minimum Gasteiger partial charge on any atom is -0.478 e. The molecule has 3 N–H and O–H groups in total. The van der Waals surface area contributed by atoms with Crippen molar-refractivity contribution < 1.29 is 19.8 Å². The third-order valence-corrected chi connectivity index (χ3v) is 1.31. The average molecular weight is 213 g/mol. The van der Waals surface area contributed by atoms with Gasteiger partial charge >= 0.3 is 11.9 Å². The third-order valence-electron chi connectivity index (χ3n) is 1.31. The van der Waals surface area contributed by atoms with Gasteiger partial charge in [-0.2, -0.15) is 0 Å². The second-order valence-corrected chi connectivity index (χ2v) is 3.97. The molecule has 0 aliphatic carbocycles. The molecule has 5 nitrogen and oxygen atoms in total. The summed E-state index contributed by atoms with van der Waals surface area (Å²) in [5.41, 5.74) is -0.370. The molecule has 0 radical (unpaired) electrons. The summed E-state index contributed by atoms with van der Waals surface area (Å²) in [6.45, 7) is 5.59. The van der Waals surface area contributed by atoms with Gasteiger partial charge in [0.25, 0.3) is 0 Å². The highest BCUT2D eigenvalue weighted by Gasteiger charge is 2.09. The Morgan fingerprint density at radius 2 is 1.67 bits per heavy atom. The van der Waals surface area contributed by atoms with Crippen LogP contribution in [0.2, 0.25) is 0 Å². The molecule has 0 aliphatic rings. The summed E-state index contributed by atoms with van der Waals surface area (Å²) in [5.74, 6) is -2.36. The van der Waals surface area contributed by atoms with Crippen LogP contribution < -0.4 is 5.32 Å². The summed E-state index contributed by atoms with van der Waals surface area (Å²) in [6, 6.07) is 0. The first-order valence-corrected chi connectivity index (χ1v) is 4.34. The summed E-state index contributed by atoms with van der Waals surface area (Å²) in [6.07, 6.45) is 3.09. The first kappa shape index (κ1) is 13.2. The van der Waals surface area contributed by atoms with E-state index in [1.54, 1.807) is 0 Å². The van der Waals surface area contributed by atoms with Crippen LogP contribution in [-0.2, 0) is 9.59 Å². The van der Waals surface area contributed by atoms with Crippen LogP contribution in [0.25, 0.3) is 0 Å². The molecule has 0 amide bonds. The lowest BCUT2D eigenvalue weighted by atomic mass is 10.1. The zero-order valence-corrected chi connectivity index (χ0v) is 8.94. The molecule has 0 spiro atoms. The quantitative estimate of drug-likeness (QED) is 0.478. The van der Waals surface area contributed by atoms with Gasteiger partial charge in [-0.1, -0.05) is 0 Å². The number of hydrogen-bond acceptors (Lipinski definition) is 3. The van der Waals surface area contributed by atoms with E-state index in [-0.39, 0.29) is 11.1 Å². The molecule has 0 aliphatic heterocycles. The van der Waals surface area contributed by atoms with Crippen LogP contribution in [0.3, 0.4) is 0 Å². The van der Waals surface area contributed by atoms with Crippen LogP contribution in [0.1, 0.15) is 20.8 Å². The summed E-state index contributed by atoms with van der Waals surface area (Å²) >= 11 is 0. The van der Waals surface area contributed by atoms with E-state index >= 15 is 0 Å². The van der Waals surface area contributed by atoms with Gasteiger partial charge in [0, 0.05) is 17.8 Å². The summed E-state index contributed by atoms with van der Waals surface area (Å²) < 4.78 is 0. The fourth-order valence-corrected chi connectivity index (χ4v) is 0.636. The topological polar surface area (TPSA) is 86.6 Å². The molecule has 0 aromatic heterocycles. The van der Waals surface area contributed by atoms with Crippen molar-refractivity contribution in [2.45, 2.75) is 26.3 Å². The highest BCUT2D eigenvalue weighted by Crippen LogP contribution is 2.02. The van der Waals surface area contributed by atoms with Gasteiger partial charge in [0.15, 0.2) is 0 Å². The van der Waals surface area contributed by atoms with Crippen LogP contribution in [-0.4, -0.2) is 27.7 Å². The zero-order valence-electron chi connectivity index (χ0n) is 8.94. The summed E-state index contributed by atoms with van der Waals surface area (Å²) in [5, 5.41) is 19.9. The average Bonchev–Trinajstić information content (AvgIpc) is 2.00. The lowest BCUT2D eigenvalue weighted by Gasteiger charge is -2.18. The Morgan fingerprint density at radius 3 is 2.00 bits per heavy atom. The van der Waals surface area contributed by atoms with E-state index in [2.05, 4.69) is 5.32 Å².